The lowest BCUT2D eigenvalue weighted by Gasteiger charge is -2.30. The van der Waals surface area contributed by atoms with Gasteiger partial charge in [0.25, 0.3) is 0 Å². The number of carbonyl (C=O) groups excluding carboxylic acids is 1. The van der Waals surface area contributed by atoms with E-state index in [1.807, 2.05) is 0 Å². The van der Waals surface area contributed by atoms with E-state index < -0.39 is 11.9 Å². The van der Waals surface area contributed by atoms with Crippen LogP contribution < -0.4 is 0 Å². The van der Waals surface area contributed by atoms with Crippen LogP contribution in [0.5, 0.6) is 0 Å². The lowest BCUT2D eigenvalue weighted by atomic mass is 9.77. The molecule has 2 aliphatic rings. The van der Waals surface area contributed by atoms with Gasteiger partial charge in [0.1, 0.15) is 0 Å². The van der Waals surface area contributed by atoms with Crippen molar-refractivity contribution in [2.75, 3.05) is 13.2 Å². The predicted octanol–water partition coefficient (Wildman–Crippen LogP) is 1.40. The molecule has 16 heavy (non-hydrogen) atoms. The molecule has 0 radical (unpaired) electrons. The molecular formula is C12H16O4. The van der Waals surface area contributed by atoms with Crippen molar-refractivity contribution in [1.29, 1.82) is 0 Å². The number of carbonyl (C=O) groups is 2. The minimum atomic E-state index is -0.801. The highest BCUT2D eigenvalue weighted by Crippen LogP contribution is 2.34. The van der Waals surface area contributed by atoms with Gasteiger partial charge in [0, 0.05) is 19.6 Å². The van der Waals surface area contributed by atoms with Crippen molar-refractivity contribution in [2.45, 2.75) is 25.7 Å². The van der Waals surface area contributed by atoms with E-state index in [1.54, 1.807) is 6.08 Å². The first-order valence-electron chi connectivity index (χ1n) is 5.73. The van der Waals surface area contributed by atoms with Gasteiger partial charge in [-0.1, -0.05) is 0 Å². The molecule has 1 atom stereocenters. The summed E-state index contributed by atoms with van der Waals surface area (Å²) < 4.78 is 5.25. The molecule has 4 nitrogen and oxygen atoms in total. The molecule has 0 bridgehead atoms. The first-order valence-corrected chi connectivity index (χ1v) is 5.73. The van der Waals surface area contributed by atoms with Gasteiger partial charge in [-0.15, -0.1) is 0 Å². The average molecular weight is 224 g/mol. The first kappa shape index (κ1) is 11.3. The maximum Gasteiger partial charge on any atom is 0.310 e. The number of ketones is 1. The minimum Gasteiger partial charge on any atom is -0.481 e. The fourth-order valence-electron chi connectivity index (χ4n) is 2.51. The smallest absolute Gasteiger partial charge is 0.310 e. The Kier molecular flexibility index (Phi) is 3.39. The summed E-state index contributed by atoms with van der Waals surface area (Å²) in [5.41, 5.74) is 0.826. The van der Waals surface area contributed by atoms with Crippen LogP contribution in [0.1, 0.15) is 25.7 Å². The predicted molar refractivity (Wildman–Crippen MR) is 57.0 cm³/mol. The van der Waals surface area contributed by atoms with E-state index in [1.165, 1.54) is 0 Å². The highest BCUT2D eigenvalue weighted by atomic mass is 16.5. The number of carboxylic acids is 1. The minimum absolute atomic E-state index is 0.0685. The number of hydrogen-bond acceptors (Lipinski definition) is 3. The van der Waals surface area contributed by atoms with E-state index in [4.69, 9.17) is 9.84 Å². The van der Waals surface area contributed by atoms with Crippen molar-refractivity contribution >= 4 is 11.8 Å². The lowest BCUT2D eigenvalue weighted by molar-refractivity contribution is -0.141. The van der Waals surface area contributed by atoms with Gasteiger partial charge in [-0.05, 0) is 36.8 Å². The van der Waals surface area contributed by atoms with Gasteiger partial charge in [-0.25, -0.2) is 0 Å². The van der Waals surface area contributed by atoms with E-state index >= 15 is 0 Å². The second-order valence-electron chi connectivity index (χ2n) is 4.43. The summed E-state index contributed by atoms with van der Waals surface area (Å²) in [7, 11) is 0. The summed E-state index contributed by atoms with van der Waals surface area (Å²) in [6.45, 7) is 1.34. The van der Waals surface area contributed by atoms with Gasteiger partial charge in [-0.3, -0.25) is 9.59 Å². The molecule has 1 aliphatic carbocycles. The zero-order valence-electron chi connectivity index (χ0n) is 9.15. The number of rotatable bonds is 2. The van der Waals surface area contributed by atoms with Crippen molar-refractivity contribution in [1.82, 2.24) is 0 Å². The van der Waals surface area contributed by atoms with Crippen LogP contribution in [-0.4, -0.2) is 30.1 Å². The Morgan fingerprint density at radius 1 is 1.31 bits per heavy atom. The van der Waals surface area contributed by atoms with Gasteiger partial charge in [0.15, 0.2) is 5.78 Å². The summed E-state index contributed by atoms with van der Waals surface area (Å²) in [6.07, 6.45) is 4.06. The summed E-state index contributed by atoms with van der Waals surface area (Å²) >= 11 is 0. The second kappa shape index (κ2) is 4.78. The van der Waals surface area contributed by atoms with Crippen LogP contribution in [-0.2, 0) is 14.3 Å². The zero-order chi connectivity index (χ0) is 11.5. The molecule has 1 heterocycles. The summed E-state index contributed by atoms with van der Waals surface area (Å²) in [5, 5.41) is 9.14. The first-order chi connectivity index (χ1) is 7.68. The topological polar surface area (TPSA) is 63.6 Å². The molecule has 0 saturated carbocycles. The van der Waals surface area contributed by atoms with E-state index in [-0.39, 0.29) is 11.7 Å². The van der Waals surface area contributed by atoms with Gasteiger partial charge in [0.2, 0.25) is 0 Å². The van der Waals surface area contributed by atoms with Crippen molar-refractivity contribution in [2.24, 2.45) is 11.8 Å². The van der Waals surface area contributed by atoms with Crippen LogP contribution in [0.25, 0.3) is 0 Å². The molecule has 0 amide bonds. The fourth-order valence-corrected chi connectivity index (χ4v) is 2.51. The molecule has 88 valence electrons. The molecule has 0 spiro atoms. The third-order valence-electron chi connectivity index (χ3n) is 3.40. The van der Waals surface area contributed by atoms with E-state index in [2.05, 4.69) is 0 Å². The zero-order valence-corrected chi connectivity index (χ0v) is 9.15. The normalized spacial score (nSPS) is 27.6. The third kappa shape index (κ3) is 2.32. The van der Waals surface area contributed by atoms with Crippen LogP contribution in [0.2, 0.25) is 0 Å². The summed E-state index contributed by atoms with van der Waals surface area (Å²) in [4.78, 5) is 22.5. The molecule has 1 saturated heterocycles. The van der Waals surface area contributed by atoms with Gasteiger partial charge in [0.05, 0.1) is 5.92 Å². The van der Waals surface area contributed by atoms with Crippen LogP contribution in [0.15, 0.2) is 11.6 Å². The second-order valence-corrected chi connectivity index (χ2v) is 4.43. The molecule has 1 unspecified atom stereocenters. The Morgan fingerprint density at radius 2 is 2.00 bits per heavy atom. The SMILES string of the molecule is O=C1C=C(C2CCOCC2)C(C(=O)O)CC1. The third-order valence-corrected chi connectivity index (χ3v) is 3.40. The molecule has 2 rings (SSSR count). The fraction of sp³-hybridized carbons (Fsp3) is 0.667. The van der Waals surface area contributed by atoms with E-state index in [9.17, 15) is 9.59 Å². The van der Waals surface area contributed by atoms with E-state index in [0.717, 1.165) is 18.4 Å². The van der Waals surface area contributed by atoms with Crippen molar-refractivity contribution in [3.05, 3.63) is 11.6 Å². The molecule has 0 aromatic heterocycles. The highest BCUT2D eigenvalue weighted by molar-refractivity contribution is 5.93. The Morgan fingerprint density at radius 3 is 2.62 bits per heavy atom. The summed E-state index contributed by atoms with van der Waals surface area (Å²) in [6, 6.07) is 0. The van der Waals surface area contributed by atoms with Crippen LogP contribution in [0.3, 0.4) is 0 Å². The molecule has 0 aromatic carbocycles. The van der Waals surface area contributed by atoms with Crippen LogP contribution in [0.4, 0.5) is 0 Å². The van der Waals surface area contributed by atoms with Crippen LogP contribution >= 0.6 is 0 Å². The van der Waals surface area contributed by atoms with Crippen molar-refractivity contribution in [3.8, 4) is 0 Å². The molecule has 1 aliphatic heterocycles. The number of carboxylic acid groups (broad SMARTS) is 1. The number of hydrogen-bond donors (Lipinski definition) is 1. The van der Waals surface area contributed by atoms with Crippen molar-refractivity contribution < 1.29 is 19.4 Å². The Labute approximate surface area is 94.3 Å². The molecular weight excluding hydrogens is 208 g/mol. The number of allylic oxidation sites excluding steroid dienone is 1. The van der Waals surface area contributed by atoms with Crippen LogP contribution in [0, 0.1) is 11.8 Å². The van der Waals surface area contributed by atoms with Gasteiger partial charge < -0.3 is 9.84 Å². The quantitative estimate of drug-likeness (QED) is 0.770. The molecule has 1 N–H and O–H groups in total. The van der Waals surface area contributed by atoms with E-state index in [0.29, 0.717) is 26.1 Å². The Hall–Kier alpha value is -1.16. The average Bonchev–Trinajstić information content (AvgIpc) is 2.29. The van der Waals surface area contributed by atoms with Gasteiger partial charge in [-0.2, -0.15) is 0 Å². The number of aliphatic carboxylic acids is 1. The highest BCUT2D eigenvalue weighted by Gasteiger charge is 2.32. The molecule has 1 fully saturated rings. The Bertz CT molecular complexity index is 326. The maximum atomic E-state index is 11.4. The maximum absolute atomic E-state index is 11.4. The Balaban J connectivity index is 2.18. The summed E-state index contributed by atoms with van der Waals surface area (Å²) in [5.74, 6) is -0.968. The molecule has 0 aromatic rings. The largest absolute Gasteiger partial charge is 0.481 e. The number of ether oxygens (including phenoxy) is 1. The van der Waals surface area contributed by atoms with Gasteiger partial charge >= 0.3 is 5.97 Å². The molecule has 4 heteroatoms. The standard InChI is InChI=1S/C12H16O4/c13-9-1-2-10(12(14)15)11(7-9)8-3-5-16-6-4-8/h7-8,10H,1-6H2,(H,14,15). The monoisotopic (exact) mass is 224 g/mol. The lowest BCUT2D eigenvalue weighted by Crippen LogP contribution is -2.29. The van der Waals surface area contributed by atoms with Crippen molar-refractivity contribution in [3.63, 3.8) is 0 Å².